The lowest BCUT2D eigenvalue weighted by Crippen LogP contribution is -2.66. The van der Waals surface area contributed by atoms with Gasteiger partial charge < -0.3 is 10.0 Å². The van der Waals surface area contributed by atoms with Crippen LogP contribution >= 0.6 is 0 Å². The zero-order valence-corrected chi connectivity index (χ0v) is 15.9. The van der Waals surface area contributed by atoms with Gasteiger partial charge in [0.05, 0.1) is 5.69 Å². The molecule has 156 valence electrons. The van der Waals surface area contributed by atoms with Crippen LogP contribution in [0.5, 0.6) is 0 Å². The van der Waals surface area contributed by atoms with Gasteiger partial charge in [-0.05, 0) is 32.0 Å². The molecular formula is C18H25F3N4O3. The van der Waals surface area contributed by atoms with Crippen molar-refractivity contribution in [1.29, 1.82) is 0 Å². The number of piperidine rings is 1. The molecule has 1 spiro atoms. The Morgan fingerprint density at radius 2 is 1.79 bits per heavy atom. The van der Waals surface area contributed by atoms with Crippen molar-refractivity contribution < 1.29 is 27.9 Å². The predicted molar refractivity (Wildman–Crippen MR) is 95.4 cm³/mol. The van der Waals surface area contributed by atoms with Gasteiger partial charge in [0.25, 0.3) is 0 Å². The Morgan fingerprint density at radius 3 is 2.29 bits per heavy atom. The molecule has 2 aliphatic heterocycles. The highest BCUT2D eigenvalue weighted by atomic mass is 19.4. The van der Waals surface area contributed by atoms with Crippen molar-refractivity contribution in [1.82, 2.24) is 19.7 Å². The van der Waals surface area contributed by atoms with Gasteiger partial charge in [-0.1, -0.05) is 6.07 Å². The molecule has 1 amide bonds. The van der Waals surface area contributed by atoms with E-state index < -0.39 is 12.1 Å². The van der Waals surface area contributed by atoms with E-state index >= 15 is 0 Å². The second kappa shape index (κ2) is 8.87. The molecule has 0 radical (unpaired) electrons. The van der Waals surface area contributed by atoms with Crippen molar-refractivity contribution in [2.45, 2.75) is 31.1 Å². The second-order valence-corrected chi connectivity index (χ2v) is 7.08. The van der Waals surface area contributed by atoms with Gasteiger partial charge in [0, 0.05) is 46.0 Å². The van der Waals surface area contributed by atoms with E-state index in [0.29, 0.717) is 5.91 Å². The number of alkyl halides is 3. The van der Waals surface area contributed by atoms with Crippen LogP contribution in [0.1, 0.15) is 18.5 Å². The number of nitrogens with zero attached hydrogens (tertiary/aromatic N) is 4. The van der Waals surface area contributed by atoms with E-state index in [1.165, 1.54) is 0 Å². The van der Waals surface area contributed by atoms with Gasteiger partial charge in [-0.25, -0.2) is 4.79 Å². The van der Waals surface area contributed by atoms with Crippen molar-refractivity contribution in [2.24, 2.45) is 0 Å². The van der Waals surface area contributed by atoms with E-state index in [2.05, 4.69) is 27.9 Å². The molecule has 1 N–H and O–H groups in total. The van der Waals surface area contributed by atoms with E-state index in [0.717, 1.165) is 51.3 Å². The van der Waals surface area contributed by atoms with E-state index in [1.807, 2.05) is 30.3 Å². The van der Waals surface area contributed by atoms with Gasteiger partial charge in [0.15, 0.2) is 0 Å². The average Bonchev–Trinajstić information content (AvgIpc) is 2.65. The second-order valence-electron chi connectivity index (χ2n) is 7.08. The van der Waals surface area contributed by atoms with Crippen molar-refractivity contribution in [3.05, 3.63) is 30.1 Å². The standard InChI is InChI=1S/C16H24N4O.C2HF3O2/c1-18-11-12-19(2)16(15(18)21)6-9-20(10-7-16)13-14-5-3-4-8-17-14;3-2(4,5)1(6)7/h3-5,8H,6-7,9-13H2,1-2H3;(H,6,7). The van der Waals surface area contributed by atoms with Crippen molar-refractivity contribution in [2.75, 3.05) is 40.3 Å². The molecule has 0 unspecified atom stereocenters. The smallest absolute Gasteiger partial charge is 0.475 e. The number of piperazine rings is 1. The summed E-state index contributed by atoms with van der Waals surface area (Å²) in [6.45, 7) is 4.61. The van der Waals surface area contributed by atoms with Crippen LogP contribution in [0.15, 0.2) is 24.4 Å². The first-order chi connectivity index (χ1) is 13.1. The number of rotatable bonds is 2. The van der Waals surface area contributed by atoms with Crippen molar-refractivity contribution >= 4 is 11.9 Å². The highest BCUT2D eigenvalue weighted by molar-refractivity contribution is 5.87. The number of halogens is 3. The van der Waals surface area contributed by atoms with Crippen molar-refractivity contribution in [3.63, 3.8) is 0 Å². The van der Waals surface area contributed by atoms with Crippen LogP contribution in [0.25, 0.3) is 0 Å². The molecule has 0 bridgehead atoms. The highest BCUT2D eigenvalue weighted by Crippen LogP contribution is 2.32. The maximum absolute atomic E-state index is 12.6. The predicted octanol–water partition coefficient (Wildman–Crippen LogP) is 1.45. The minimum Gasteiger partial charge on any atom is -0.475 e. The van der Waals surface area contributed by atoms with Crippen LogP contribution in [0, 0.1) is 0 Å². The Labute approximate surface area is 161 Å². The highest BCUT2D eigenvalue weighted by Gasteiger charge is 2.48. The van der Waals surface area contributed by atoms with Gasteiger partial charge in [-0.3, -0.25) is 19.6 Å². The SMILES string of the molecule is CN1CCN(C)C2(CCN(Cc3ccccn3)CC2)C1=O.O=C(O)C(F)(F)F. The minimum absolute atomic E-state index is 0.270. The summed E-state index contributed by atoms with van der Waals surface area (Å²) in [7, 11) is 4.02. The van der Waals surface area contributed by atoms with Gasteiger partial charge in [0.1, 0.15) is 5.54 Å². The molecule has 0 aromatic carbocycles. The van der Waals surface area contributed by atoms with Crippen molar-refractivity contribution in [3.8, 4) is 0 Å². The molecule has 0 saturated carbocycles. The van der Waals surface area contributed by atoms with E-state index in [1.54, 1.807) is 0 Å². The largest absolute Gasteiger partial charge is 0.490 e. The third-order valence-corrected chi connectivity index (χ3v) is 5.28. The number of likely N-dealkylation sites (N-methyl/N-ethyl adjacent to an activating group) is 2. The van der Waals surface area contributed by atoms with E-state index in [9.17, 15) is 18.0 Å². The monoisotopic (exact) mass is 402 g/mol. The van der Waals surface area contributed by atoms with Gasteiger partial charge in [0.2, 0.25) is 5.91 Å². The molecule has 2 saturated heterocycles. The molecule has 28 heavy (non-hydrogen) atoms. The number of carbonyl (C=O) groups excluding carboxylic acids is 1. The molecule has 2 fully saturated rings. The molecule has 3 heterocycles. The maximum atomic E-state index is 12.6. The topological polar surface area (TPSA) is 77.0 Å². The number of pyridine rings is 1. The molecule has 10 heteroatoms. The van der Waals surface area contributed by atoms with Crippen LogP contribution in [0.2, 0.25) is 0 Å². The molecule has 3 rings (SSSR count). The Bertz CT molecular complexity index is 676. The molecule has 1 aromatic rings. The summed E-state index contributed by atoms with van der Waals surface area (Å²) in [6, 6.07) is 6.04. The first kappa shape index (κ1) is 22.1. The number of likely N-dealkylation sites (tertiary alicyclic amines) is 1. The van der Waals surface area contributed by atoms with Crippen LogP contribution in [0.3, 0.4) is 0 Å². The first-order valence-corrected chi connectivity index (χ1v) is 8.95. The van der Waals surface area contributed by atoms with Gasteiger partial charge >= 0.3 is 12.1 Å². The number of aliphatic carboxylic acids is 1. The lowest BCUT2D eigenvalue weighted by atomic mass is 9.83. The third kappa shape index (κ3) is 5.20. The lowest BCUT2D eigenvalue weighted by molar-refractivity contribution is -0.192. The Hall–Kier alpha value is -2.20. The Kier molecular flexibility index (Phi) is 7.00. The molecule has 7 nitrogen and oxygen atoms in total. The van der Waals surface area contributed by atoms with Crippen LogP contribution in [-0.2, 0) is 16.1 Å². The number of carbonyl (C=O) groups is 2. The van der Waals surface area contributed by atoms with Crippen LogP contribution in [0.4, 0.5) is 13.2 Å². The fourth-order valence-corrected chi connectivity index (χ4v) is 3.53. The number of hydrogen-bond acceptors (Lipinski definition) is 5. The van der Waals surface area contributed by atoms with Crippen LogP contribution in [-0.4, -0.2) is 88.7 Å². The Morgan fingerprint density at radius 1 is 1.18 bits per heavy atom. The van der Waals surface area contributed by atoms with Crippen LogP contribution < -0.4 is 0 Å². The number of aromatic nitrogens is 1. The van der Waals surface area contributed by atoms with E-state index in [-0.39, 0.29) is 5.54 Å². The number of hydrogen-bond donors (Lipinski definition) is 1. The molecule has 0 atom stereocenters. The molecule has 1 aromatic heterocycles. The quantitative estimate of drug-likeness (QED) is 0.807. The van der Waals surface area contributed by atoms with Gasteiger partial charge in [-0.2, -0.15) is 13.2 Å². The number of carboxylic acid groups (broad SMARTS) is 1. The zero-order valence-electron chi connectivity index (χ0n) is 15.9. The summed E-state index contributed by atoms with van der Waals surface area (Å²) >= 11 is 0. The Balaban J connectivity index is 0.000000345. The summed E-state index contributed by atoms with van der Waals surface area (Å²) in [6.07, 6.45) is -1.41. The molecule has 2 aliphatic rings. The normalized spacial score (nSPS) is 20.6. The van der Waals surface area contributed by atoms with E-state index in [4.69, 9.17) is 9.90 Å². The summed E-state index contributed by atoms with van der Waals surface area (Å²) < 4.78 is 31.7. The summed E-state index contributed by atoms with van der Waals surface area (Å²) in [5.41, 5.74) is 0.835. The molecule has 0 aliphatic carbocycles. The third-order valence-electron chi connectivity index (χ3n) is 5.28. The summed E-state index contributed by atoms with van der Waals surface area (Å²) in [5.74, 6) is -2.46. The zero-order chi connectivity index (χ0) is 20.9. The molecular weight excluding hydrogens is 377 g/mol. The first-order valence-electron chi connectivity index (χ1n) is 8.95. The van der Waals surface area contributed by atoms with Gasteiger partial charge in [-0.15, -0.1) is 0 Å². The number of carboxylic acids is 1. The fourth-order valence-electron chi connectivity index (χ4n) is 3.53. The maximum Gasteiger partial charge on any atom is 0.490 e. The number of amides is 1. The summed E-state index contributed by atoms with van der Waals surface area (Å²) in [4.78, 5) is 32.5. The average molecular weight is 402 g/mol. The summed E-state index contributed by atoms with van der Waals surface area (Å²) in [5, 5.41) is 7.12. The lowest BCUT2D eigenvalue weighted by Gasteiger charge is -2.50. The fraction of sp³-hybridized carbons (Fsp3) is 0.611. The minimum atomic E-state index is -5.08.